The van der Waals surface area contributed by atoms with Crippen LogP contribution in [0.5, 0.6) is 5.75 Å². The van der Waals surface area contributed by atoms with E-state index in [4.69, 9.17) is 9.47 Å². The molecule has 28 heavy (non-hydrogen) atoms. The number of halogens is 6. The standard InChI is InChI=1S/C19H16F6O3/c1-2-27-17(26)10-12-3-8-15(16(9-12)28-11-18(20,21)22)13-4-6-14(7-5-13)19(23,24)25/h3-9H,2,10-11H2,1H3. The molecule has 2 aromatic rings. The van der Waals surface area contributed by atoms with Gasteiger partial charge >= 0.3 is 18.3 Å². The maximum Gasteiger partial charge on any atom is 0.422 e. The Labute approximate surface area is 156 Å². The molecule has 152 valence electrons. The lowest BCUT2D eigenvalue weighted by Gasteiger charge is -2.15. The van der Waals surface area contributed by atoms with Crippen molar-refractivity contribution in [1.82, 2.24) is 0 Å². The van der Waals surface area contributed by atoms with E-state index in [9.17, 15) is 31.1 Å². The molecule has 0 aliphatic heterocycles. The normalized spacial score (nSPS) is 12.0. The molecule has 0 saturated heterocycles. The molecule has 0 heterocycles. The van der Waals surface area contributed by atoms with Gasteiger partial charge in [0.05, 0.1) is 18.6 Å². The van der Waals surface area contributed by atoms with E-state index in [2.05, 4.69) is 0 Å². The van der Waals surface area contributed by atoms with Crippen LogP contribution in [0.1, 0.15) is 18.1 Å². The summed E-state index contributed by atoms with van der Waals surface area (Å²) in [7, 11) is 0. The molecule has 0 atom stereocenters. The molecular formula is C19H16F6O3. The number of benzene rings is 2. The molecule has 3 nitrogen and oxygen atoms in total. The van der Waals surface area contributed by atoms with Crippen molar-refractivity contribution in [3.8, 4) is 16.9 Å². The monoisotopic (exact) mass is 406 g/mol. The van der Waals surface area contributed by atoms with E-state index >= 15 is 0 Å². The zero-order chi connectivity index (χ0) is 20.9. The summed E-state index contributed by atoms with van der Waals surface area (Å²) >= 11 is 0. The molecule has 2 aromatic carbocycles. The fraction of sp³-hybridized carbons (Fsp3) is 0.316. The molecule has 0 aliphatic rings. The van der Waals surface area contributed by atoms with Crippen LogP contribution in [0, 0.1) is 0 Å². The van der Waals surface area contributed by atoms with Crippen LogP contribution in [0.4, 0.5) is 26.3 Å². The molecule has 2 rings (SSSR count). The molecule has 9 heteroatoms. The first-order chi connectivity index (χ1) is 13.0. The van der Waals surface area contributed by atoms with Crippen molar-refractivity contribution in [3.05, 3.63) is 53.6 Å². The average Bonchev–Trinajstić information content (AvgIpc) is 2.59. The summed E-state index contributed by atoms with van der Waals surface area (Å²) in [4.78, 5) is 11.6. The number of rotatable bonds is 6. The minimum Gasteiger partial charge on any atom is -0.483 e. The third-order valence-corrected chi connectivity index (χ3v) is 3.61. The molecule has 0 N–H and O–H groups in total. The third kappa shape index (κ3) is 6.17. The zero-order valence-corrected chi connectivity index (χ0v) is 14.7. The SMILES string of the molecule is CCOC(=O)Cc1ccc(-c2ccc(C(F)(F)F)cc2)c(OCC(F)(F)F)c1. The molecule has 0 bridgehead atoms. The summed E-state index contributed by atoms with van der Waals surface area (Å²) in [5.74, 6) is -0.759. The molecule has 0 spiro atoms. The molecule has 0 fully saturated rings. The van der Waals surface area contributed by atoms with Crippen LogP contribution >= 0.6 is 0 Å². The number of ether oxygens (including phenoxy) is 2. The van der Waals surface area contributed by atoms with Gasteiger partial charge in [0.25, 0.3) is 0 Å². The predicted octanol–water partition coefficient (Wildman–Crippen LogP) is 5.42. The summed E-state index contributed by atoms with van der Waals surface area (Å²) in [5.41, 5.74) is -0.113. The second kappa shape index (κ2) is 8.53. The van der Waals surface area contributed by atoms with Crippen molar-refractivity contribution in [3.63, 3.8) is 0 Å². The van der Waals surface area contributed by atoms with Crippen LogP contribution in [0.25, 0.3) is 11.1 Å². The van der Waals surface area contributed by atoms with Crippen LogP contribution in [-0.2, 0) is 22.1 Å². The van der Waals surface area contributed by atoms with Crippen molar-refractivity contribution in [1.29, 1.82) is 0 Å². The fourth-order valence-corrected chi connectivity index (χ4v) is 2.41. The first-order valence-corrected chi connectivity index (χ1v) is 8.15. The van der Waals surface area contributed by atoms with Crippen LogP contribution in [-0.4, -0.2) is 25.4 Å². The van der Waals surface area contributed by atoms with E-state index in [1.807, 2.05) is 0 Å². The van der Waals surface area contributed by atoms with Crippen molar-refractivity contribution in [2.75, 3.05) is 13.2 Å². The molecule has 0 radical (unpaired) electrons. The Hall–Kier alpha value is -2.71. The maximum absolute atomic E-state index is 12.7. The average molecular weight is 406 g/mol. The highest BCUT2D eigenvalue weighted by atomic mass is 19.4. The molecule has 0 aliphatic carbocycles. The Morgan fingerprint density at radius 3 is 2.14 bits per heavy atom. The van der Waals surface area contributed by atoms with E-state index in [-0.39, 0.29) is 29.9 Å². The Kier molecular flexibility index (Phi) is 6.58. The fourth-order valence-electron chi connectivity index (χ4n) is 2.41. The first kappa shape index (κ1) is 21.6. The minimum atomic E-state index is -4.60. The van der Waals surface area contributed by atoms with Gasteiger partial charge in [-0.3, -0.25) is 4.79 Å². The summed E-state index contributed by atoms with van der Waals surface area (Å²) < 4.78 is 85.4. The lowest BCUT2D eigenvalue weighted by atomic mass is 10.00. The van der Waals surface area contributed by atoms with Crippen molar-refractivity contribution in [2.24, 2.45) is 0 Å². The molecule has 0 unspecified atom stereocenters. The highest BCUT2D eigenvalue weighted by Crippen LogP contribution is 2.35. The van der Waals surface area contributed by atoms with Gasteiger partial charge < -0.3 is 9.47 Å². The van der Waals surface area contributed by atoms with E-state index in [1.54, 1.807) is 6.92 Å². The minimum absolute atomic E-state index is 0.153. The number of alkyl halides is 6. The van der Waals surface area contributed by atoms with Crippen molar-refractivity contribution >= 4 is 5.97 Å². The molecular weight excluding hydrogens is 390 g/mol. The lowest BCUT2D eigenvalue weighted by molar-refractivity contribution is -0.153. The lowest BCUT2D eigenvalue weighted by Crippen LogP contribution is -2.19. The van der Waals surface area contributed by atoms with Gasteiger partial charge in [-0.2, -0.15) is 26.3 Å². The second-order valence-corrected chi connectivity index (χ2v) is 5.79. The second-order valence-electron chi connectivity index (χ2n) is 5.79. The highest BCUT2D eigenvalue weighted by molar-refractivity contribution is 5.75. The van der Waals surface area contributed by atoms with Gasteiger partial charge in [-0.15, -0.1) is 0 Å². The Morgan fingerprint density at radius 2 is 1.61 bits per heavy atom. The van der Waals surface area contributed by atoms with E-state index in [1.165, 1.54) is 18.2 Å². The van der Waals surface area contributed by atoms with Crippen LogP contribution in [0.2, 0.25) is 0 Å². The van der Waals surface area contributed by atoms with Gasteiger partial charge in [0, 0.05) is 5.56 Å². The third-order valence-electron chi connectivity index (χ3n) is 3.61. The smallest absolute Gasteiger partial charge is 0.422 e. The number of esters is 1. The Bertz CT molecular complexity index is 810. The largest absolute Gasteiger partial charge is 0.483 e. The maximum atomic E-state index is 12.7. The van der Waals surface area contributed by atoms with E-state index < -0.39 is 30.5 Å². The van der Waals surface area contributed by atoms with Crippen LogP contribution in [0.3, 0.4) is 0 Å². The van der Waals surface area contributed by atoms with E-state index in [0.717, 1.165) is 24.3 Å². The Morgan fingerprint density at radius 1 is 0.964 bits per heavy atom. The van der Waals surface area contributed by atoms with Crippen LogP contribution in [0.15, 0.2) is 42.5 Å². The van der Waals surface area contributed by atoms with Gasteiger partial charge in [0.2, 0.25) is 0 Å². The summed E-state index contributed by atoms with van der Waals surface area (Å²) in [6.45, 7) is 0.187. The molecule has 0 aromatic heterocycles. The van der Waals surface area contributed by atoms with Crippen molar-refractivity contribution < 1.29 is 40.6 Å². The van der Waals surface area contributed by atoms with E-state index in [0.29, 0.717) is 5.56 Å². The zero-order valence-electron chi connectivity index (χ0n) is 14.7. The number of carbonyl (C=O) groups excluding carboxylic acids is 1. The van der Waals surface area contributed by atoms with Gasteiger partial charge in [0.1, 0.15) is 5.75 Å². The van der Waals surface area contributed by atoms with Crippen LogP contribution < -0.4 is 4.74 Å². The quantitative estimate of drug-likeness (QED) is 0.475. The predicted molar refractivity (Wildman–Crippen MR) is 88.8 cm³/mol. The summed E-state index contributed by atoms with van der Waals surface area (Å²) in [6, 6.07) is 8.06. The highest BCUT2D eigenvalue weighted by Gasteiger charge is 2.31. The summed E-state index contributed by atoms with van der Waals surface area (Å²) in [6.07, 6.45) is -9.31. The van der Waals surface area contributed by atoms with Gasteiger partial charge in [-0.05, 0) is 36.2 Å². The van der Waals surface area contributed by atoms with Gasteiger partial charge in [-0.1, -0.05) is 24.3 Å². The number of carbonyl (C=O) groups is 1. The molecule has 0 saturated carbocycles. The van der Waals surface area contributed by atoms with Gasteiger partial charge in [-0.25, -0.2) is 0 Å². The van der Waals surface area contributed by atoms with Gasteiger partial charge in [0.15, 0.2) is 6.61 Å². The molecule has 0 amide bonds. The topological polar surface area (TPSA) is 35.5 Å². The first-order valence-electron chi connectivity index (χ1n) is 8.15. The Balaban J connectivity index is 2.37. The van der Waals surface area contributed by atoms with Crippen molar-refractivity contribution in [2.45, 2.75) is 25.7 Å². The summed E-state index contributed by atoms with van der Waals surface area (Å²) in [5, 5.41) is 0. The number of hydrogen-bond donors (Lipinski definition) is 0. The number of hydrogen-bond acceptors (Lipinski definition) is 3.